The van der Waals surface area contributed by atoms with E-state index in [1.54, 1.807) is 28.7 Å². The quantitative estimate of drug-likeness (QED) is 0.633. The molecule has 1 N–H and O–H groups in total. The molecule has 2 aromatic heterocycles. The second-order valence-corrected chi connectivity index (χ2v) is 8.56. The Morgan fingerprint density at radius 3 is 2.81 bits per heavy atom. The summed E-state index contributed by atoms with van der Waals surface area (Å²) < 4.78 is 1.12. The van der Waals surface area contributed by atoms with Crippen LogP contribution in [-0.4, -0.2) is 38.1 Å². The Morgan fingerprint density at radius 2 is 2.12 bits per heavy atom. The average Bonchev–Trinajstić information content (AvgIpc) is 3.26. The first-order valence-electron chi connectivity index (χ1n) is 8.73. The molecule has 6 heteroatoms. The van der Waals surface area contributed by atoms with Gasteiger partial charge in [0.2, 0.25) is 0 Å². The molecule has 1 aromatic carbocycles. The molecule has 26 heavy (non-hydrogen) atoms. The van der Waals surface area contributed by atoms with Crippen LogP contribution >= 0.6 is 22.7 Å². The van der Waals surface area contributed by atoms with Crippen LogP contribution in [0.4, 0.5) is 5.13 Å². The van der Waals surface area contributed by atoms with E-state index in [0.29, 0.717) is 6.54 Å². The fourth-order valence-corrected chi connectivity index (χ4v) is 4.40. The monoisotopic (exact) mass is 386 g/mol. The number of amides is 1. The smallest absolute Gasteiger partial charge is 0.252 e. The van der Waals surface area contributed by atoms with E-state index in [1.807, 2.05) is 34.6 Å². The Hall–Kier alpha value is -2.02. The Labute approximate surface area is 162 Å². The van der Waals surface area contributed by atoms with Crippen LogP contribution in [0.15, 0.2) is 41.8 Å². The van der Waals surface area contributed by atoms with E-state index >= 15 is 0 Å². The third-order valence-electron chi connectivity index (χ3n) is 4.10. The summed E-state index contributed by atoms with van der Waals surface area (Å²) in [7, 11) is 4.26. The molecule has 0 spiro atoms. The molecule has 2 heterocycles. The summed E-state index contributed by atoms with van der Waals surface area (Å²) in [4.78, 5) is 21.9. The number of thiazole rings is 1. The summed E-state index contributed by atoms with van der Waals surface area (Å²) in [6.07, 6.45) is 4.48. The number of quaternary nitrogens is 1. The standard InChI is InChI=1S/C20H23N3OS2/c1-15-7-4-9-17-19(15)21-20(26-17)23(13-6-12-22(2)3)18(24)11-10-16-8-5-14-25-16/h4-5,7-11,14H,6,12-13H2,1-3H3/p+1/b11-10+. The zero-order valence-corrected chi connectivity index (χ0v) is 17.0. The number of nitrogens with zero attached hydrogens (tertiary/aromatic N) is 2. The van der Waals surface area contributed by atoms with Crippen LogP contribution in [0.5, 0.6) is 0 Å². The molecule has 0 unspecified atom stereocenters. The van der Waals surface area contributed by atoms with Gasteiger partial charge in [-0.2, -0.15) is 0 Å². The number of benzene rings is 1. The van der Waals surface area contributed by atoms with E-state index in [0.717, 1.165) is 38.8 Å². The minimum Gasteiger partial charge on any atom is -0.340 e. The first-order valence-corrected chi connectivity index (χ1v) is 10.4. The van der Waals surface area contributed by atoms with E-state index in [-0.39, 0.29) is 5.91 Å². The molecule has 136 valence electrons. The number of nitrogens with one attached hydrogen (secondary N) is 1. The van der Waals surface area contributed by atoms with Gasteiger partial charge in [0.05, 0.1) is 30.9 Å². The lowest BCUT2D eigenvalue weighted by molar-refractivity contribution is -0.858. The molecule has 3 rings (SSSR count). The van der Waals surface area contributed by atoms with Crippen molar-refractivity contribution in [3.8, 4) is 0 Å². The van der Waals surface area contributed by atoms with Crippen LogP contribution in [-0.2, 0) is 4.79 Å². The maximum Gasteiger partial charge on any atom is 0.252 e. The fraction of sp³-hybridized carbons (Fsp3) is 0.300. The number of hydrogen-bond donors (Lipinski definition) is 1. The second kappa shape index (κ2) is 8.58. The largest absolute Gasteiger partial charge is 0.340 e. The van der Waals surface area contributed by atoms with Gasteiger partial charge in [-0.05, 0) is 36.1 Å². The number of carbonyl (C=O) groups excluding carboxylic acids is 1. The van der Waals surface area contributed by atoms with E-state index in [4.69, 9.17) is 4.98 Å². The zero-order valence-electron chi connectivity index (χ0n) is 15.4. The van der Waals surface area contributed by atoms with Crippen LogP contribution in [0.3, 0.4) is 0 Å². The molecule has 0 atom stereocenters. The lowest BCUT2D eigenvalue weighted by Gasteiger charge is -2.18. The van der Waals surface area contributed by atoms with Crippen LogP contribution in [0.1, 0.15) is 16.9 Å². The molecule has 0 aliphatic heterocycles. The van der Waals surface area contributed by atoms with Gasteiger partial charge in [-0.15, -0.1) is 11.3 Å². The number of para-hydroxylation sites is 1. The summed E-state index contributed by atoms with van der Waals surface area (Å²) in [6, 6.07) is 10.2. The number of rotatable bonds is 7. The number of anilines is 1. The molecular formula is C20H24N3OS2+. The topological polar surface area (TPSA) is 37.6 Å². The van der Waals surface area contributed by atoms with E-state index < -0.39 is 0 Å². The number of aryl methyl sites for hydroxylation is 1. The minimum atomic E-state index is -0.0103. The summed E-state index contributed by atoms with van der Waals surface area (Å²) in [5.41, 5.74) is 2.13. The van der Waals surface area contributed by atoms with E-state index in [9.17, 15) is 4.79 Å². The van der Waals surface area contributed by atoms with Crippen molar-refractivity contribution in [2.24, 2.45) is 0 Å². The number of carbonyl (C=O) groups is 1. The van der Waals surface area contributed by atoms with Crippen molar-refractivity contribution in [1.29, 1.82) is 0 Å². The molecule has 0 aliphatic rings. The van der Waals surface area contributed by atoms with Gasteiger partial charge < -0.3 is 4.90 Å². The molecule has 3 aromatic rings. The van der Waals surface area contributed by atoms with Crippen molar-refractivity contribution in [1.82, 2.24) is 4.98 Å². The van der Waals surface area contributed by atoms with Gasteiger partial charge in [-0.25, -0.2) is 4.98 Å². The van der Waals surface area contributed by atoms with E-state index in [2.05, 4.69) is 33.2 Å². The van der Waals surface area contributed by atoms with Crippen LogP contribution in [0.2, 0.25) is 0 Å². The van der Waals surface area contributed by atoms with Crippen LogP contribution < -0.4 is 9.80 Å². The van der Waals surface area contributed by atoms with Gasteiger partial charge in [0.1, 0.15) is 0 Å². The highest BCUT2D eigenvalue weighted by Gasteiger charge is 2.18. The molecule has 0 bridgehead atoms. The van der Waals surface area contributed by atoms with Gasteiger partial charge in [0.25, 0.3) is 5.91 Å². The molecule has 0 fully saturated rings. The summed E-state index contributed by atoms with van der Waals surface area (Å²) >= 11 is 3.21. The Kier molecular flexibility index (Phi) is 6.19. The Morgan fingerprint density at radius 1 is 1.27 bits per heavy atom. The van der Waals surface area contributed by atoms with Gasteiger partial charge in [-0.3, -0.25) is 9.69 Å². The zero-order chi connectivity index (χ0) is 18.5. The minimum absolute atomic E-state index is 0.0103. The normalized spacial score (nSPS) is 11.7. The van der Waals surface area contributed by atoms with Gasteiger partial charge >= 0.3 is 0 Å². The molecule has 1 amide bonds. The molecule has 4 nitrogen and oxygen atoms in total. The molecule has 0 saturated heterocycles. The predicted molar refractivity (Wildman–Crippen MR) is 112 cm³/mol. The Balaban J connectivity index is 1.85. The SMILES string of the molecule is Cc1cccc2sc(N(CCC[NH+](C)C)C(=O)/C=C/c3cccs3)nc12. The molecule has 0 radical (unpaired) electrons. The maximum atomic E-state index is 12.9. The lowest BCUT2D eigenvalue weighted by atomic mass is 10.2. The van der Waals surface area contributed by atoms with Crippen molar-refractivity contribution in [2.75, 3.05) is 32.1 Å². The van der Waals surface area contributed by atoms with Gasteiger partial charge in [0.15, 0.2) is 5.13 Å². The number of aromatic nitrogens is 1. The summed E-state index contributed by atoms with van der Waals surface area (Å²) in [5.74, 6) is -0.0103. The third-order valence-corrected chi connectivity index (χ3v) is 5.98. The van der Waals surface area contributed by atoms with Crippen LogP contribution in [0, 0.1) is 6.92 Å². The molecular weight excluding hydrogens is 362 g/mol. The number of fused-ring (bicyclic) bond motifs is 1. The second-order valence-electron chi connectivity index (χ2n) is 6.57. The number of hydrogen-bond acceptors (Lipinski definition) is 4. The van der Waals surface area contributed by atoms with Crippen molar-refractivity contribution in [3.63, 3.8) is 0 Å². The molecule has 0 aliphatic carbocycles. The van der Waals surface area contributed by atoms with E-state index in [1.165, 1.54) is 4.90 Å². The summed E-state index contributed by atoms with van der Waals surface area (Å²) in [6.45, 7) is 3.75. The Bertz CT molecular complexity index is 897. The predicted octanol–water partition coefficient (Wildman–Crippen LogP) is 3.25. The van der Waals surface area contributed by atoms with Crippen molar-refractivity contribution in [2.45, 2.75) is 13.3 Å². The number of thiophene rings is 1. The first kappa shape index (κ1) is 18.8. The van der Waals surface area contributed by atoms with Gasteiger partial charge in [0, 0.05) is 23.9 Å². The van der Waals surface area contributed by atoms with Crippen LogP contribution in [0.25, 0.3) is 16.3 Å². The molecule has 0 saturated carbocycles. The summed E-state index contributed by atoms with van der Waals surface area (Å²) in [5, 5.41) is 2.79. The highest BCUT2D eigenvalue weighted by molar-refractivity contribution is 7.22. The van der Waals surface area contributed by atoms with Crippen molar-refractivity contribution >= 4 is 50.0 Å². The van der Waals surface area contributed by atoms with Crippen molar-refractivity contribution < 1.29 is 9.69 Å². The lowest BCUT2D eigenvalue weighted by Crippen LogP contribution is -3.05. The average molecular weight is 387 g/mol. The maximum absolute atomic E-state index is 12.9. The fourth-order valence-electron chi connectivity index (χ4n) is 2.71. The highest BCUT2D eigenvalue weighted by atomic mass is 32.1. The third kappa shape index (κ3) is 4.58. The van der Waals surface area contributed by atoms with Crippen molar-refractivity contribution in [3.05, 3.63) is 52.2 Å². The van der Waals surface area contributed by atoms with Gasteiger partial charge in [-0.1, -0.05) is 29.5 Å². The highest BCUT2D eigenvalue weighted by Crippen LogP contribution is 2.31. The first-order chi connectivity index (χ1) is 12.5.